The number of fused-ring (bicyclic) bond motifs is 4. The van der Waals surface area contributed by atoms with E-state index < -0.39 is 47.0 Å². The molecule has 2 saturated heterocycles. The minimum atomic E-state index is -1.45. The van der Waals surface area contributed by atoms with E-state index in [9.17, 15) is 19.2 Å². The molecule has 3 heterocycles. The maximum atomic E-state index is 13.8. The number of carbonyl (C=O) groups excluding carboxylic acids is 4. The quantitative estimate of drug-likeness (QED) is 0.550. The number of likely N-dealkylation sites (tertiary alicyclic amines) is 1. The average Bonchev–Trinajstić information content (AvgIpc) is 3.39. The Morgan fingerprint density at radius 2 is 1.82 bits per heavy atom. The van der Waals surface area contributed by atoms with Crippen LogP contribution in [0.3, 0.4) is 0 Å². The van der Waals surface area contributed by atoms with Crippen molar-refractivity contribution in [1.29, 1.82) is 0 Å². The van der Waals surface area contributed by atoms with Crippen molar-refractivity contribution in [2.24, 2.45) is 17.6 Å². The first-order valence-electron chi connectivity index (χ1n) is 11.3. The number of rotatable bonds is 6. The highest BCUT2D eigenvalue weighted by atomic mass is 16.5. The molecule has 2 aromatic rings. The Kier molecular flexibility index (Phi) is 5.16. The van der Waals surface area contributed by atoms with Gasteiger partial charge in [-0.3, -0.25) is 29.4 Å². The molecule has 4 atom stereocenters. The first-order chi connectivity index (χ1) is 16.3. The summed E-state index contributed by atoms with van der Waals surface area (Å²) in [5.74, 6) is -3.22. The second kappa shape index (κ2) is 7.95. The van der Waals surface area contributed by atoms with Gasteiger partial charge in [0.25, 0.3) is 0 Å². The highest BCUT2D eigenvalue weighted by molar-refractivity contribution is 6.15. The average molecular weight is 463 g/mol. The summed E-state index contributed by atoms with van der Waals surface area (Å²) in [5.41, 5.74) is 6.92. The minimum Gasteiger partial charge on any atom is -0.496 e. The maximum Gasteiger partial charge on any atom is 0.250 e. The van der Waals surface area contributed by atoms with Crippen molar-refractivity contribution in [1.82, 2.24) is 10.2 Å². The first-order valence-corrected chi connectivity index (χ1v) is 11.3. The summed E-state index contributed by atoms with van der Waals surface area (Å²) < 4.78 is 5.39. The Bertz CT molecular complexity index is 1230. The van der Waals surface area contributed by atoms with Crippen LogP contribution in [0.25, 0.3) is 0 Å². The van der Waals surface area contributed by atoms with Crippen LogP contribution in [0.5, 0.6) is 5.75 Å². The van der Waals surface area contributed by atoms with E-state index in [2.05, 4.69) is 10.6 Å². The molecule has 34 heavy (non-hydrogen) atoms. The normalized spacial score (nSPS) is 27.2. The number of benzene rings is 2. The van der Waals surface area contributed by atoms with Crippen molar-refractivity contribution in [3.8, 4) is 5.75 Å². The third-order valence-electron chi connectivity index (χ3n) is 7.25. The molecule has 9 heteroatoms. The van der Waals surface area contributed by atoms with E-state index in [-0.39, 0.29) is 13.0 Å². The number of amides is 4. The van der Waals surface area contributed by atoms with E-state index in [1.807, 2.05) is 19.1 Å². The second-order valence-corrected chi connectivity index (χ2v) is 8.95. The Morgan fingerprint density at radius 3 is 2.53 bits per heavy atom. The molecule has 4 amide bonds. The largest absolute Gasteiger partial charge is 0.496 e. The van der Waals surface area contributed by atoms with Crippen LogP contribution in [-0.2, 0) is 37.7 Å². The van der Waals surface area contributed by atoms with Gasteiger partial charge in [0.15, 0.2) is 0 Å². The minimum absolute atomic E-state index is 0.0114. The maximum absolute atomic E-state index is 13.8. The molecule has 0 bridgehead atoms. The monoisotopic (exact) mass is 462 g/mol. The van der Waals surface area contributed by atoms with E-state index in [1.165, 1.54) is 12.0 Å². The van der Waals surface area contributed by atoms with E-state index in [4.69, 9.17) is 10.5 Å². The fourth-order valence-corrected chi connectivity index (χ4v) is 5.80. The molecule has 0 saturated carbocycles. The lowest BCUT2D eigenvalue weighted by Gasteiger charge is -2.29. The highest BCUT2D eigenvalue weighted by Crippen LogP contribution is 2.54. The SMILES string of the molecule is CCc1cccc2c1NC(=O)[C@@]21N[C@@H](CC(N)=O)[C@H]2C(=O)N(Cc3ccccc3OC)C(=O)[C@H]21. The van der Waals surface area contributed by atoms with Crippen LogP contribution >= 0.6 is 0 Å². The number of hydrogen-bond acceptors (Lipinski definition) is 6. The van der Waals surface area contributed by atoms with Gasteiger partial charge in [0.1, 0.15) is 11.3 Å². The molecule has 0 aliphatic carbocycles. The van der Waals surface area contributed by atoms with Crippen LogP contribution in [-0.4, -0.2) is 41.7 Å². The predicted octanol–water partition coefficient (Wildman–Crippen LogP) is 1.05. The molecule has 2 fully saturated rings. The summed E-state index contributed by atoms with van der Waals surface area (Å²) in [5, 5.41) is 6.15. The van der Waals surface area contributed by atoms with Crippen LogP contribution in [0.2, 0.25) is 0 Å². The van der Waals surface area contributed by atoms with Crippen molar-refractivity contribution in [2.75, 3.05) is 12.4 Å². The fourth-order valence-electron chi connectivity index (χ4n) is 5.80. The van der Waals surface area contributed by atoms with E-state index in [0.29, 0.717) is 29.0 Å². The van der Waals surface area contributed by atoms with Crippen molar-refractivity contribution < 1.29 is 23.9 Å². The van der Waals surface area contributed by atoms with E-state index in [1.54, 1.807) is 30.3 Å². The van der Waals surface area contributed by atoms with Crippen LogP contribution < -0.4 is 21.1 Å². The van der Waals surface area contributed by atoms with E-state index in [0.717, 1.165) is 5.56 Å². The zero-order chi connectivity index (χ0) is 24.2. The number of nitrogens with one attached hydrogen (secondary N) is 2. The van der Waals surface area contributed by atoms with Gasteiger partial charge in [-0.25, -0.2) is 0 Å². The highest BCUT2D eigenvalue weighted by Gasteiger charge is 2.70. The number of imide groups is 1. The van der Waals surface area contributed by atoms with E-state index >= 15 is 0 Å². The number of methoxy groups -OCH3 is 1. The molecule has 3 aliphatic rings. The summed E-state index contributed by atoms with van der Waals surface area (Å²) in [6, 6.07) is 12.0. The summed E-state index contributed by atoms with van der Waals surface area (Å²) >= 11 is 0. The number of aryl methyl sites for hydroxylation is 1. The number of nitrogens with zero attached hydrogens (tertiary/aromatic N) is 1. The van der Waals surface area contributed by atoms with Gasteiger partial charge in [-0.15, -0.1) is 0 Å². The summed E-state index contributed by atoms with van der Waals surface area (Å²) in [4.78, 5) is 54.0. The molecule has 1 spiro atoms. The van der Waals surface area contributed by atoms with Gasteiger partial charge in [-0.2, -0.15) is 0 Å². The van der Waals surface area contributed by atoms with Crippen LogP contribution in [0.15, 0.2) is 42.5 Å². The third kappa shape index (κ3) is 2.96. The lowest BCUT2D eigenvalue weighted by molar-refractivity contribution is -0.143. The van der Waals surface area contributed by atoms with Crippen molar-refractivity contribution in [2.45, 2.75) is 37.9 Å². The van der Waals surface area contributed by atoms with Gasteiger partial charge in [-0.1, -0.05) is 43.3 Å². The molecule has 2 aromatic carbocycles. The Balaban J connectivity index is 1.62. The van der Waals surface area contributed by atoms with Crippen LogP contribution in [0.4, 0.5) is 5.69 Å². The molecule has 0 aromatic heterocycles. The predicted molar refractivity (Wildman–Crippen MR) is 122 cm³/mol. The van der Waals surface area contributed by atoms with Crippen molar-refractivity contribution >= 4 is 29.3 Å². The number of carbonyl (C=O) groups is 4. The molecule has 3 aliphatic heterocycles. The zero-order valence-corrected chi connectivity index (χ0v) is 19.0. The zero-order valence-electron chi connectivity index (χ0n) is 19.0. The van der Waals surface area contributed by atoms with Gasteiger partial charge < -0.3 is 15.8 Å². The smallest absolute Gasteiger partial charge is 0.250 e. The van der Waals surface area contributed by atoms with Gasteiger partial charge in [-0.05, 0) is 18.1 Å². The first kappa shape index (κ1) is 22.1. The second-order valence-electron chi connectivity index (χ2n) is 8.95. The molecule has 176 valence electrons. The molecule has 0 unspecified atom stereocenters. The molecular weight excluding hydrogens is 436 g/mol. The summed E-state index contributed by atoms with van der Waals surface area (Å²) in [7, 11) is 1.52. The Morgan fingerprint density at radius 1 is 1.09 bits per heavy atom. The Hall–Kier alpha value is -3.72. The van der Waals surface area contributed by atoms with Gasteiger partial charge in [0.2, 0.25) is 23.6 Å². The topological polar surface area (TPSA) is 131 Å². The molecular formula is C25H26N4O5. The number of nitrogens with two attached hydrogens (primary N) is 1. The Labute approximate surface area is 196 Å². The molecule has 9 nitrogen and oxygen atoms in total. The van der Waals surface area contributed by atoms with Crippen LogP contribution in [0, 0.1) is 11.8 Å². The summed E-state index contributed by atoms with van der Waals surface area (Å²) in [6.45, 7) is 1.99. The number of hydrogen-bond donors (Lipinski definition) is 3. The van der Waals surface area contributed by atoms with Crippen LogP contribution in [0.1, 0.15) is 30.0 Å². The van der Waals surface area contributed by atoms with Crippen molar-refractivity contribution in [3.63, 3.8) is 0 Å². The number of primary amides is 1. The molecule has 4 N–H and O–H groups in total. The summed E-state index contributed by atoms with van der Waals surface area (Å²) in [6.07, 6.45) is 0.520. The standard InChI is InChI=1S/C25H26N4O5/c1-3-13-8-6-9-15-21(13)27-24(33)25(15)20-19(16(28-25)11-18(26)30)22(31)29(23(20)32)12-14-7-4-5-10-17(14)34-2/h4-10,16,19-20,28H,3,11-12H2,1-2H3,(H2,26,30)(H,27,33)/t16-,19+,20-,25+/m0/s1. The van der Waals surface area contributed by atoms with Crippen molar-refractivity contribution in [3.05, 3.63) is 59.2 Å². The number of ether oxygens (including phenoxy) is 1. The lowest BCUT2D eigenvalue weighted by atomic mass is 9.76. The number of anilines is 1. The van der Waals surface area contributed by atoms with Gasteiger partial charge >= 0.3 is 0 Å². The fraction of sp³-hybridized carbons (Fsp3) is 0.360. The number of para-hydroxylation sites is 2. The molecule has 0 radical (unpaired) electrons. The molecule has 5 rings (SSSR count). The third-order valence-corrected chi connectivity index (χ3v) is 7.25. The van der Waals surface area contributed by atoms with Gasteiger partial charge in [0.05, 0.1) is 25.5 Å². The lowest BCUT2D eigenvalue weighted by Crippen LogP contribution is -2.53. The van der Waals surface area contributed by atoms with Gasteiger partial charge in [0, 0.05) is 29.3 Å².